The van der Waals surface area contributed by atoms with E-state index in [1.807, 2.05) is 0 Å². The van der Waals surface area contributed by atoms with Gasteiger partial charge in [-0.05, 0) is 55.6 Å². The Morgan fingerprint density at radius 3 is 3.00 bits per heavy atom. The van der Waals surface area contributed by atoms with E-state index in [2.05, 4.69) is 35.1 Å². The van der Waals surface area contributed by atoms with Gasteiger partial charge in [0.1, 0.15) is 0 Å². The maximum absolute atomic E-state index is 12.5. The fourth-order valence-electron chi connectivity index (χ4n) is 3.53. The molecule has 2 aliphatic rings. The molecule has 1 saturated carbocycles. The summed E-state index contributed by atoms with van der Waals surface area (Å²) >= 11 is 1.75. The van der Waals surface area contributed by atoms with E-state index in [0.717, 1.165) is 32.4 Å². The summed E-state index contributed by atoms with van der Waals surface area (Å²) in [4.78, 5) is 13.8. The molecule has 3 nitrogen and oxygen atoms in total. The van der Waals surface area contributed by atoms with Gasteiger partial charge in [-0.3, -0.25) is 4.79 Å². The van der Waals surface area contributed by atoms with Crippen molar-refractivity contribution in [1.82, 2.24) is 10.6 Å². The molecule has 1 aromatic rings. The van der Waals surface area contributed by atoms with Gasteiger partial charge in [-0.25, -0.2) is 0 Å². The highest BCUT2D eigenvalue weighted by atomic mass is 32.1. The summed E-state index contributed by atoms with van der Waals surface area (Å²) in [6.07, 6.45) is 5.57. The topological polar surface area (TPSA) is 41.1 Å². The second kappa shape index (κ2) is 5.86. The van der Waals surface area contributed by atoms with E-state index < -0.39 is 0 Å². The van der Waals surface area contributed by atoms with E-state index in [0.29, 0.717) is 11.3 Å². The SMILES string of the molecule is CCCC(NC(=O)C1CC12CCNCC2)c1cccs1. The zero-order valence-corrected chi connectivity index (χ0v) is 13.0. The normalized spacial score (nSPS) is 25.4. The van der Waals surface area contributed by atoms with Crippen LogP contribution < -0.4 is 10.6 Å². The summed E-state index contributed by atoms with van der Waals surface area (Å²) in [6.45, 7) is 4.33. The lowest BCUT2D eigenvalue weighted by Crippen LogP contribution is -2.35. The van der Waals surface area contributed by atoms with Crippen LogP contribution in [0, 0.1) is 11.3 Å². The second-order valence-electron chi connectivity index (χ2n) is 6.23. The third kappa shape index (κ3) is 2.77. The number of carbonyl (C=O) groups excluding carboxylic acids is 1. The predicted octanol–water partition coefficient (Wildman–Crippen LogP) is 3.10. The molecule has 4 heteroatoms. The molecule has 1 aliphatic heterocycles. The third-order valence-corrected chi connectivity index (χ3v) is 5.87. The molecule has 1 aromatic heterocycles. The van der Waals surface area contributed by atoms with Gasteiger partial charge in [0.2, 0.25) is 5.91 Å². The van der Waals surface area contributed by atoms with E-state index in [9.17, 15) is 4.79 Å². The van der Waals surface area contributed by atoms with E-state index >= 15 is 0 Å². The highest BCUT2D eigenvalue weighted by Crippen LogP contribution is 2.58. The number of thiophene rings is 1. The number of piperidine rings is 1. The Kier molecular flexibility index (Phi) is 4.13. The highest BCUT2D eigenvalue weighted by Gasteiger charge is 2.57. The van der Waals surface area contributed by atoms with Crippen molar-refractivity contribution in [3.05, 3.63) is 22.4 Å². The van der Waals surface area contributed by atoms with Gasteiger partial charge in [0.05, 0.1) is 6.04 Å². The van der Waals surface area contributed by atoms with Gasteiger partial charge in [0.25, 0.3) is 0 Å². The minimum Gasteiger partial charge on any atom is -0.348 e. The van der Waals surface area contributed by atoms with Crippen LogP contribution in [0.5, 0.6) is 0 Å². The van der Waals surface area contributed by atoms with E-state index in [-0.39, 0.29) is 12.0 Å². The van der Waals surface area contributed by atoms with Gasteiger partial charge >= 0.3 is 0 Å². The van der Waals surface area contributed by atoms with Gasteiger partial charge in [-0.1, -0.05) is 19.4 Å². The van der Waals surface area contributed by atoms with Gasteiger partial charge < -0.3 is 10.6 Å². The molecule has 1 saturated heterocycles. The summed E-state index contributed by atoms with van der Waals surface area (Å²) in [5.74, 6) is 0.558. The van der Waals surface area contributed by atoms with Crippen molar-refractivity contribution in [2.75, 3.05) is 13.1 Å². The number of amides is 1. The molecule has 110 valence electrons. The van der Waals surface area contributed by atoms with Crippen molar-refractivity contribution in [1.29, 1.82) is 0 Å². The fourth-order valence-corrected chi connectivity index (χ4v) is 4.34. The predicted molar refractivity (Wildman–Crippen MR) is 82.8 cm³/mol. The molecular weight excluding hydrogens is 268 g/mol. The summed E-state index contributed by atoms with van der Waals surface area (Å²) in [6, 6.07) is 4.42. The molecule has 1 aliphatic carbocycles. The van der Waals surface area contributed by atoms with Crippen molar-refractivity contribution in [2.24, 2.45) is 11.3 Å². The van der Waals surface area contributed by atoms with E-state index in [1.54, 1.807) is 11.3 Å². The zero-order chi connectivity index (χ0) is 14.0. The maximum Gasteiger partial charge on any atom is 0.224 e. The average molecular weight is 292 g/mol. The second-order valence-corrected chi connectivity index (χ2v) is 7.21. The van der Waals surface area contributed by atoms with Crippen LogP contribution in [0.4, 0.5) is 0 Å². The molecule has 0 radical (unpaired) electrons. The van der Waals surface area contributed by atoms with Crippen LogP contribution in [0.3, 0.4) is 0 Å². The molecule has 1 spiro atoms. The third-order valence-electron chi connectivity index (χ3n) is 4.89. The van der Waals surface area contributed by atoms with Crippen LogP contribution in [0.15, 0.2) is 17.5 Å². The van der Waals surface area contributed by atoms with Crippen LogP contribution in [-0.2, 0) is 4.79 Å². The molecule has 2 heterocycles. The first-order valence-electron chi connectivity index (χ1n) is 7.80. The van der Waals surface area contributed by atoms with Gasteiger partial charge in [0, 0.05) is 10.8 Å². The van der Waals surface area contributed by atoms with Gasteiger partial charge in [0.15, 0.2) is 0 Å². The fraction of sp³-hybridized carbons (Fsp3) is 0.688. The van der Waals surface area contributed by atoms with Crippen LogP contribution in [0.1, 0.15) is 49.9 Å². The lowest BCUT2D eigenvalue weighted by molar-refractivity contribution is -0.124. The number of rotatable bonds is 5. The summed E-state index contributed by atoms with van der Waals surface area (Å²) in [5.41, 5.74) is 0.335. The van der Waals surface area contributed by atoms with Crippen LogP contribution in [0.25, 0.3) is 0 Å². The Hall–Kier alpha value is -0.870. The summed E-state index contributed by atoms with van der Waals surface area (Å²) in [7, 11) is 0. The molecule has 3 rings (SSSR count). The maximum atomic E-state index is 12.5. The molecule has 0 aromatic carbocycles. The molecule has 1 amide bonds. The van der Waals surface area contributed by atoms with Crippen molar-refractivity contribution in [3.63, 3.8) is 0 Å². The van der Waals surface area contributed by atoms with Crippen LogP contribution in [-0.4, -0.2) is 19.0 Å². The van der Waals surface area contributed by atoms with Gasteiger partial charge in [-0.2, -0.15) is 0 Å². The molecule has 2 unspecified atom stereocenters. The first-order valence-corrected chi connectivity index (χ1v) is 8.68. The average Bonchev–Trinajstić information content (AvgIpc) is 2.91. The monoisotopic (exact) mass is 292 g/mol. The number of carbonyl (C=O) groups is 1. The van der Waals surface area contributed by atoms with Gasteiger partial charge in [-0.15, -0.1) is 11.3 Å². The molecule has 2 N–H and O–H groups in total. The lowest BCUT2D eigenvalue weighted by atomic mass is 9.91. The van der Waals surface area contributed by atoms with E-state index in [4.69, 9.17) is 0 Å². The Balaban J connectivity index is 1.60. The number of hydrogen-bond donors (Lipinski definition) is 2. The smallest absolute Gasteiger partial charge is 0.224 e. The largest absolute Gasteiger partial charge is 0.348 e. The van der Waals surface area contributed by atoms with Crippen molar-refractivity contribution < 1.29 is 4.79 Å². The lowest BCUT2D eigenvalue weighted by Gasteiger charge is -2.24. The molecule has 0 bridgehead atoms. The Morgan fingerprint density at radius 1 is 1.55 bits per heavy atom. The quantitative estimate of drug-likeness (QED) is 0.875. The first-order chi connectivity index (χ1) is 9.75. The Labute approximate surface area is 125 Å². The zero-order valence-electron chi connectivity index (χ0n) is 12.2. The Morgan fingerprint density at radius 2 is 2.35 bits per heavy atom. The Bertz CT molecular complexity index is 451. The molecule has 2 fully saturated rings. The summed E-state index contributed by atoms with van der Waals surface area (Å²) < 4.78 is 0. The standard InChI is InChI=1S/C16H24N2OS/c1-2-4-13(14-5-3-10-20-14)18-15(19)12-11-16(12)6-8-17-9-7-16/h3,5,10,12-13,17H,2,4,6-9,11H2,1H3,(H,18,19). The van der Waals surface area contributed by atoms with Crippen LogP contribution >= 0.6 is 11.3 Å². The van der Waals surface area contributed by atoms with Crippen molar-refractivity contribution >= 4 is 17.2 Å². The van der Waals surface area contributed by atoms with E-state index in [1.165, 1.54) is 17.7 Å². The van der Waals surface area contributed by atoms with Crippen molar-refractivity contribution in [3.8, 4) is 0 Å². The highest BCUT2D eigenvalue weighted by molar-refractivity contribution is 7.10. The number of hydrogen-bond acceptors (Lipinski definition) is 3. The first kappa shape index (κ1) is 14.1. The molecule has 2 atom stereocenters. The van der Waals surface area contributed by atoms with Crippen molar-refractivity contribution in [2.45, 2.75) is 45.1 Å². The minimum atomic E-state index is 0.215. The van der Waals surface area contributed by atoms with Crippen LogP contribution in [0.2, 0.25) is 0 Å². The molecule has 20 heavy (non-hydrogen) atoms. The minimum absolute atomic E-state index is 0.215. The summed E-state index contributed by atoms with van der Waals surface area (Å²) in [5, 5.41) is 8.79. The molecular formula is C16H24N2OS. The number of nitrogens with one attached hydrogen (secondary N) is 2.